The van der Waals surface area contributed by atoms with Crippen LogP contribution in [0.25, 0.3) is 0 Å². The number of fused-ring (bicyclic) bond motifs is 1. The van der Waals surface area contributed by atoms with Gasteiger partial charge in [-0.25, -0.2) is 0 Å². The molecule has 3 heteroatoms. The second kappa shape index (κ2) is 6.21. The van der Waals surface area contributed by atoms with Gasteiger partial charge in [0.2, 0.25) is 0 Å². The van der Waals surface area contributed by atoms with Crippen LogP contribution in [0.3, 0.4) is 0 Å². The number of ether oxygens (including phenoxy) is 1. The highest BCUT2D eigenvalue weighted by Gasteiger charge is 2.14. The fourth-order valence-corrected chi connectivity index (χ4v) is 2.60. The highest BCUT2D eigenvalue weighted by atomic mass is 16.5. The average Bonchev–Trinajstić information content (AvgIpc) is 2.83. The van der Waals surface area contributed by atoms with Gasteiger partial charge in [0, 0.05) is 31.9 Å². The standard InChI is InChI=1S/C15H24N2O/c1-4-17(12(2)11-18-3)10-13-5-6-14-7-8-16-15(14)9-13/h5-6,9,12,16H,4,7-8,10-11H2,1-3H3. The lowest BCUT2D eigenvalue weighted by molar-refractivity contribution is 0.0982. The van der Waals surface area contributed by atoms with Crippen molar-refractivity contribution in [1.82, 2.24) is 4.90 Å². The van der Waals surface area contributed by atoms with E-state index in [1.54, 1.807) is 7.11 Å². The first kappa shape index (κ1) is 13.4. The Labute approximate surface area is 110 Å². The Kier molecular flexibility index (Phi) is 4.61. The first-order valence-corrected chi connectivity index (χ1v) is 6.83. The third-order valence-electron chi connectivity index (χ3n) is 3.71. The molecule has 0 aromatic heterocycles. The van der Waals surface area contributed by atoms with Crippen molar-refractivity contribution < 1.29 is 4.74 Å². The SMILES string of the molecule is CCN(Cc1ccc2c(c1)NCC2)C(C)COC. The van der Waals surface area contributed by atoms with Crippen LogP contribution in [0.15, 0.2) is 18.2 Å². The van der Waals surface area contributed by atoms with Gasteiger partial charge >= 0.3 is 0 Å². The summed E-state index contributed by atoms with van der Waals surface area (Å²) in [6.07, 6.45) is 1.16. The maximum absolute atomic E-state index is 5.24. The lowest BCUT2D eigenvalue weighted by atomic mass is 10.1. The van der Waals surface area contributed by atoms with Gasteiger partial charge in [-0.2, -0.15) is 0 Å². The maximum atomic E-state index is 5.24. The highest BCUT2D eigenvalue weighted by Crippen LogP contribution is 2.24. The van der Waals surface area contributed by atoms with Crippen LogP contribution < -0.4 is 5.32 Å². The molecule has 0 aliphatic carbocycles. The zero-order chi connectivity index (χ0) is 13.0. The molecule has 0 saturated heterocycles. The predicted molar refractivity (Wildman–Crippen MR) is 76.1 cm³/mol. The van der Waals surface area contributed by atoms with Crippen LogP contribution in [0.4, 0.5) is 5.69 Å². The number of nitrogens with one attached hydrogen (secondary N) is 1. The van der Waals surface area contributed by atoms with E-state index < -0.39 is 0 Å². The number of benzene rings is 1. The Balaban J connectivity index is 2.03. The molecule has 18 heavy (non-hydrogen) atoms. The van der Waals surface area contributed by atoms with Gasteiger partial charge in [-0.05, 0) is 37.1 Å². The van der Waals surface area contributed by atoms with Crippen molar-refractivity contribution in [3.63, 3.8) is 0 Å². The molecular formula is C15H24N2O. The van der Waals surface area contributed by atoms with Gasteiger partial charge < -0.3 is 10.1 Å². The third-order valence-corrected chi connectivity index (χ3v) is 3.71. The second-order valence-corrected chi connectivity index (χ2v) is 5.04. The zero-order valence-electron chi connectivity index (χ0n) is 11.7. The molecule has 1 atom stereocenters. The van der Waals surface area contributed by atoms with E-state index in [9.17, 15) is 0 Å². The van der Waals surface area contributed by atoms with Crippen LogP contribution in [-0.4, -0.2) is 37.7 Å². The number of methoxy groups -OCH3 is 1. The van der Waals surface area contributed by atoms with Crippen LogP contribution in [-0.2, 0) is 17.7 Å². The molecule has 2 rings (SSSR count). The van der Waals surface area contributed by atoms with Gasteiger partial charge in [-0.1, -0.05) is 19.1 Å². The lowest BCUT2D eigenvalue weighted by Gasteiger charge is -2.27. The molecule has 1 N–H and O–H groups in total. The van der Waals surface area contributed by atoms with E-state index in [1.165, 1.54) is 16.8 Å². The molecule has 1 unspecified atom stereocenters. The molecule has 100 valence electrons. The van der Waals surface area contributed by atoms with Gasteiger partial charge in [0.05, 0.1) is 6.61 Å². The topological polar surface area (TPSA) is 24.5 Å². The molecule has 3 nitrogen and oxygen atoms in total. The Morgan fingerprint density at radius 3 is 3.00 bits per heavy atom. The quantitative estimate of drug-likeness (QED) is 0.837. The van der Waals surface area contributed by atoms with E-state index in [0.29, 0.717) is 6.04 Å². The minimum Gasteiger partial charge on any atom is -0.384 e. The number of nitrogens with zero attached hydrogens (tertiary/aromatic N) is 1. The summed E-state index contributed by atoms with van der Waals surface area (Å²) < 4.78 is 5.24. The minimum absolute atomic E-state index is 0.459. The van der Waals surface area contributed by atoms with E-state index in [4.69, 9.17) is 4.74 Å². The summed E-state index contributed by atoms with van der Waals surface area (Å²) in [5, 5.41) is 3.44. The Hall–Kier alpha value is -1.06. The summed E-state index contributed by atoms with van der Waals surface area (Å²) in [5.41, 5.74) is 4.16. The van der Waals surface area contributed by atoms with Crippen molar-refractivity contribution in [2.24, 2.45) is 0 Å². The first-order valence-electron chi connectivity index (χ1n) is 6.83. The fourth-order valence-electron chi connectivity index (χ4n) is 2.60. The Morgan fingerprint density at radius 2 is 2.28 bits per heavy atom. The van der Waals surface area contributed by atoms with Crippen molar-refractivity contribution in [2.75, 3.05) is 32.1 Å². The van der Waals surface area contributed by atoms with Crippen molar-refractivity contribution in [2.45, 2.75) is 32.9 Å². The van der Waals surface area contributed by atoms with Crippen molar-refractivity contribution >= 4 is 5.69 Å². The van der Waals surface area contributed by atoms with E-state index in [0.717, 1.165) is 32.7 Å². The molecule has 1 aromatic rings. The summed E-state index contributed by atoms with van der Waals surface area (Å²) in [5.74, 6) is 0. The van der Waals surface area contributed by atoms with Crippen molar-refractivity contribution in [1.29, 1.82) is 0 Å². The first-order chi connectivity index (χ1) is 8.74. The molecule has 1 aliphatic heterocycles. The maximum Gasteiger partial charge on any atom is 0.0615 e. The fraction of sp³-hybridized carbons (Fsp3) is 0.600. The van der Waals surface area contributed by atoms with E-state index >= 15 is 0 Å². The minimum atomic E-state index is 0.459. The summed E-state index contributed by atoms with van der Waals surface area (Å²) in [6, 6.07) is 7.28. The summed E-state index contributed by atoms with van der Waals surface area (Å²) in [6.45, 7) is 8.34. The molecule has 1 aliphatic rings. The smallest absolute Gasteiger partial charge is 0.0615 e. The van der Waals surface area contributed by atoms with E-state index in [-0.39, 0.29) is 0 Å². The molecule has 0 fully saturated rings. The van der Waals surface area contributed by atoms with Gasteiger partial charge in [-0.3, -0.25) is 4.90 Å². The van der Waals surface area contributed by atoms with Gasteiger partial charge in [-0.15, -0.1) is 0 Å². The monoisotopic (exact) mass is 248 g/mol. The van der Waals surface area contributed by atoms with Crippen LogP contribution in [0.5, 0.6) is 0 Å². The number of hydrogen-bond donors (Lipinski definition) is 1. The van der Waals surface area contributed by atoms with Gasteiger partial charge in [0.25, 0.3) is 0 Å². The number of rotatable bonds is 6. The molecule has 1 heterocycles. The lowest BCUT2D eigenvalue weighted by Crippen LogP contribution is -2.35. The van der Waals surface area contributed by atoms with Crippen molar-refractivity contribution in [3.05, 3.63) is 29.3 Å². The molecule has 1 aromatic carbocycles. The zero-order valence-corrected chi connectivity index (χ0v) is 11.7. The predicted octanol–water partition coefficient (Wildman–Crippen LogP) is 2.51. The molecule has 0 amide bonds. The molecular weight excluding hydrogens is 224 g/mol. The Morgan fingerprint density at radius 1 is 1.44 bits per heavy atom. The van der Waals surface area contributed by atoms with E-state index in [2.05, 4.69) is 42.3 Å². The van der Waals surface area contributed by atoms with Gasteiger partial charge in [0.15, 0.2) is 0 Å². The normalized spacial score (nSPS) is 15.6. The van der Waals surface area contributed by atoms with E-state index in [1.807, 2.05) is 0 Å². The average molecular weight is 248 g/mol. The molecule has 0 bridgehead atoms. The molecule has 0 spiro atoms. The molecule has 0 radical (unpaired) electrons. The Bertz CT molecular complexity index is 392. The second-order valence-electron chi connectivity index (χ2n) is 5.04. The van der Waals surface area contributed by atoms with Crippen LogP contribution >= 0.6 is 0 Å². The van der Waals surface area contributed by atoms with Crippen molar-refractivity contribution in [3.8, 4) is 0 Å². The van der Waals surface area contributed by atoms with Gasteiger partial charge in [0.1, 0.15) is 0 Å². The number of likely N-dealkylation sites (N-methyl/N-ethyl adjacent to an activating group) is 1. The largest absolute Gasteiger partial charge is 0.384 e. The van der Waals surface area contributed by atoms with Crippen LogP contribution in [0.2, 0.25) is 0 Å². The van der Waals surface area contributed by atoms with Crippen LogP contribution in [0, 0.1) is 0 Å². The summed E-state index contributed by atoms with van der Waals surface area (Å²) in [4.78, 5) is 2.44. The molecule has 0 saturated carbocycles. The summed E-state index contributed by atoms with van der Waals surface area (Å²) >= 11 is 0. The summed E-state index contributed by atoms with van der Waals surface area (Å²) in [7, 11) is 1.77. The third kappa shape index (κ3) is 3.03. The van der Waals surface area contributed by atoms with Crippen LogP contribution in [0.1, 0.15) is 25.0 Å². The number of hydrogen-bond acceptors (Lipinski definition) is 3. The highest BCUT2D eigenvalue weighted by molar-refractivity contribution is 5.57. The number of anilines is 1.